The third-order valence-electron chi connectivity index (χ3n) is 4.54. The number of rotatable bonds is 3. The zero-order valence-corrected chi connectivity index (χ0v) is 15.2. The summed E-state index contributed by atoms with van der Waals surface area (Å²) in [7, 11) is 0. The van der Waals surface area contributed by atoms with Crippen molar-refractivity contribution < 1.29 is 4.74 Å². The second-order valence-electron chi connectivity index (χ2n) is 6.12. The number of fused-ring (bicyclic) bond motifs is 2. The van der Waals surface area contributed by atoms with Gasteiger partial charge < -0.3 is 9.64 Å². The number of benzene rings is 1. The molecule has 2 bridgehead atoms. The Morgan fingerprint density at radius 2 is 2.04 bits per heavy atom. The third-order valence-corrected chi connectivity index (χ3v) is 5.50. The van der Waals surface area contributed by atoms with E-state index >= 15 is 0 Å². The van der Waals surface area contributed by atoms with Crippen molar-refractivity contribution in [3.8, 4) is 17.7 Å². The molecule has 24 heavy (non-hydrogen) atoms. The van der Waals surface area contributed by atoms with E-state index in [0.29, 0.717) is 27.8 Å². The molecule has 4 nitrogen and oxygen atoms in total. The highest BCUT2D eigenvalue weighted by atomic mass is 35.5. The molecule has 3 unspecified atom stereocenters. The van der Waals surface area contributed by atoms with E-state index in [9.17, 15) is 0 Å². The summed E-state index contributed by atoms with van der Waals surface area (Å²) in [6.07, 6.45) is 1.25. The topological polar surface area (TPSA) is 38.3 Å². The van der Waals surface area contributed by atoms with Gasteiger partial charge in [0.05, 0.1) is 11.7 Å². The molecule has 0 spiro atoms. The molecule has 2 aliphatic heterocycles. The first-order chi connectivity index (χ1) is 11.7. The molecule has 2 aromatic rings. The largest absolute Gasteiger partial charge is 0.463 e. The zero-order chi connectivity index (χ0) is 16.5. The Labute approximate surface area is 155 Å². The highest BCUT2D eigenvalue weighted by molar-refractivity contribution is 6.99. The SMILES string of the molecule is Clc1cc(Cl)cc(C#CCOc2nsnc2C2CN3CCC2C3)c1. The molecular formula is C17H15Cl2N3OS. The van der Waals surface area contributed by atoms with Gasteiger partial charge in [-0.25, -0.2) is 0 Å². The zero-order valence-electron chi connectivity index (χ0n) is 12.8. The van der Waals surface area contributed by atoms with Crippen molar-refractivity contribution >= 4 is 34.9 Å². The van der Waals surface area contributed by atoms with E-state index in [4.69, 9.17) is 27.9 Å². The Hall–Kier alpha value is -1.32. The molecule has 124 valence electrons. The molecule has 0 radical (unpaired) electrons. The van der Waals surface area contributed by atoms with Gasteiger partial charge in [-0.05, 0) is 37.1 Å². The number of hydrogen-bond acceptors (Lipinski definition) is 5. The number of hydrogen-bond donors (Lipinski definition) is 0. The molecule has 2 saturated heterocycles. The molecule has 7 heteroatoms. The van der Waals surface area contributed by atoms with Crippen LogP contribution in [-0.2, 0) is 0 Å². The second kappa shape index (κ2) is 6.89. The van der Waals surface area contributed by atoms with Crippen molar-refractivity contribution in [2.24, 2.45) is 5.92 Å². The van der Waals surface area contributed by atoms with Gasteiger partial charge in [0.25, 0.3) is 0 Å². The smallest absolute Gasteiger partial charge is 0.250 e. The maximum atomic E-state index is 5.96. The van der Waals surface area contributed by atoms with Crippen LogP contribution >= 0.6 is 34.9 Å². The van der Waals surface area contributed by atoms with Crippen molar-refractivity contribution in [3.63, 3.8) is 0 Å². The summed E-state index contributed by atoms with van der Waals surface area (Å²) in [5.41, 5.74) is 1.77. The first kappa shape index (κ1) is 16.2. The molecule has 0 amide bonds. The van der Waals surface area contributed by atoms with Crippen LogP contribution in [0.2, 0.25) is 10.0 Å². The van der Waals surface area contributed by atoms with E-state index in [0.717, 1.165) is 17.8 Å². The fourth-order valence-electron chi connectivity index (χ4n) is 3.48. The molecule has 0 saturated carbocycles. The quantitative estimate of drug-likeness (QED) is 0.762. The Balaban J connectivity index is 1.41. The summed E-state index contributed by atoms with van der Waals surface area (Å²) in [5, 5.41) is 1.15. The van der Waals surface area contributed by atoms with Crippen molar-refractivity contribution in [2.75, 3.05) is 26.2 Å². The van der Waals surface area contributed by atoms with E-state index in [1.54, 1.807) is 18.2 Å². The number of halogens is 2. The van der Waals surface area contributed by atoms with E-state index < -0.39 is 0 Å². The van der Waals surface area contributed by atoms with Crippen LogP contribution in [0.4, 0.5) is 0 Å². The molecule has 1 aromatic carbocycles. The molecule has 3 heterocycles. The lowest BCUT2D eigenvalue weighted by Gasteiger charge is -2.20. The van der Waals surface area contributed by atoms with Crippen LogP contribution in [-0.4, -0.2) is 39.9 Å². The molecular weight excluding hydrogens is 365 g/mol. The maximum absolute atomic E-state index is 5.96. The number of piperidine rings is 1. The molecule has 0 aliphatic carbocycles. The monoisotopic (exact) mass is 379 g/mol. The van der Waals surface area contributed by atoms with Gasteiger partial charge in [0.1, 0.15) is 5.69 Å². The van der Waals surface area contributed by atoms with Gasteiger partial charge in [0.2, 0.25) is 5.88 Å². The first-order valence-corrected chi connectivity index (χ1v) is 9.30. The molecule has 3 atom stereocenters. The first-order valence-electron chi connectivity index (χ1n) is 7.81. The minimum absolute atomic E-state index is 0.268. The fourth-order valence-corrected chi connectivity index (χ4v) is 4.57. The molecule has 2 fully saturated rings. The number of ether oxygens (including phenoxy) is 1. The van der Waals surface area contributed by atoms with Crippen molar-refractivity contribution in [3.05, 3.63) is 39.5 Å². The predicted molar refractivity (Wildman–Crippen MR) is 96.0 cm³/mol. The summed E-state index contributed by atoms with van der Waals surface area (Å²) < 4.78 is 14.5. The van der Waals surface area contributed by atoms with E-state index in [2.05, 4.69) is 25.5 Å². The maximum Gasteiger partial charge on any atom is 0.250 e. The van der Waals surface area contributed by atoms with Crippen molar-refractivity contribution in [2.45, 2.75) is 12.3 Å². The minimum atomic E-state index is 0.268. The highest BCUT2D eigenvalue weighted by Gasteiger charge is 2.41. The normalized spacial score (nSPS) is 24.7. The van der Waals surface area contributed by atoms with Crippen LogP contribution in [0, 0.1) is 17.8 Å². The number of aromatic nitrogens is 2. The number of nitrogens with zero attached hydrogens (tertiary/aromatic N) is 3. The lowest BCUT2D eigenvalue weighted by Crippen LogP contribution is -2.22. The van der Waals surface area contributed by atoms with Crippen LogP contribution in [0.5, 0.6) is 5.88 Å². The minimum Gasteiger partial charge on any atom is -0.463 e. The van der Waals surface area contributed by atoms with E-state index in [1.165, 1.54) is 31.2 Å². The van der Waals surface area contributed by atoms with Gasteiger partial charge in [-0.15, -0.1) is 4.37 Å². The van der Waals surface area contributed by atoms with Gasteiger partial charge in [0, 0.05) is 34.6 Å². The average Bonchev–Trinajstić information content (AvgIpc) is 3.26. The van der Waals surface area contributed by atoms with Gasteiger partial charge in [-0.1, -0.05) is 35.0 Å². The Kier molecular flexibility index (Phi) is 4.64. The summed E-state index contributed by atoms with van der Waals surface area (Å²) in [4.78, 5) is 2.49. The Morgan fingerprint density at radius 3 is 2.75 bits per heavy atom. The summed E-state index contributed by atoms with van der Waals surface area (Å²) in [6, 6.07) is 5.24. The lowest BCUT2D eigenvalue weighted by atomic mass is 9.90. The lowest BCUT2D eigenvalue weighted by molar-refractivity contribution is 0.323. The van der Waals surface area contributed by atoms with E-state index in [1.807, 2.05) is 0 Å². The van der Waals surface area contributed by atoms with Gasteiger partial charge in [0.15, 0.2) is 6.61 Å². The van der Waals surface area contributed by atoms with Crippen LogP contribution in [0.15, 0.2) is 18.2 Å². The van der Waals surface area contributed by atoms with Gasteiger partial charge in [-0.3, -0.25) is 0 Å². The average molecular weight is 380 g/mol. The second-order valence-corrected chi connectivity index (χ2v) is 7.52. The Bertz CT molecular complexity index is 793. The standard InChI is InChI=1S/C17H15Cl2N3OS/c18-13-6-11(7-14(19)8-13)2-1-5-23-17-16(20-24-21-17)15-10-22-4-3-12(15)9-22/h6-8,12,15H,3-5,9-10H2. The predicted octanol–water partition coefficient (Wildman–Crippen LogP) is 3.69. The van der Waals surface area contributed by atoms with Crippen LogP contribution < -0.4 is 4.74 Å². The van der Waals surface area contributed by atoms with Gasteiger partial charge in [-0.2, -0.15) is 4.37 Å². The van der Waals surface area contributed by atoms with Crippen LogP contribution in [0.1, 0.15) is 23.6 Å². The highest BCUT2D eigenvalue weighted by Crippen LogP contribution is 2.41. The van der Waals surface area contributed by atoms with Crippen LogP contribution in [0.25, 0.3) is 0 Å². The fraction of sp³-hybridized carbons (Fsp3) is 0.412. The van der Waals surface area contributed by atoms with Crippen LogP contribution in [0.3, 0.4) is 0 Å². The molecule has 2 aliphatic rings. The Morgan fingerprint density at radius 1 is 1.21 bits per heavy atom. The summed E-state index contributed by atoms with van der Waals surface area (Å²) >= 11 is 13.1. The van der Waals surface area contributed by atoms with E-state index in [-0.39, 0.29) is 6.61 Å². The van der Waals surface area contributed by atoms with Crippen molar-refractivity contribution in [1.82, 2.24) is 13.6 Å². The molecule has 4 rings (SSSR count). The summed E-state index contributed by atoms with van der Waals surface area (Å²) in [6.45, 7) is 3.72. The summed E-state index contributed by atoms with van der Waals surface area (Å²) in [5.74, 6) is 7.77. The molecule has 1 aromatic heterocycles. The third kappa shape index (κ3) is 3.38. The van der Waals surface area contributed by atoms with Crippen molar-refractivity contribution in [1.29, 1.82) is 0 Å². The molecule has 0 N–H and O–H groups in total. The van der Waals surface area contributed by atoms with Gasteiger partial charge >= 0.3 is 0 Å².